The van der Waals surface area contributed by atoms with Crippen LogP contribution in [0, 0.1) is 11.8 Å². The van der Waals surface area contributed by atoms with Gasteiger partial charge < -0.3 is 15.0 Å². The summed E-state index contributed by atoms with van der Waals surface area (Å²) >= 11 is 0. The summed E-state index contributed by atoms with van der Waals surface area (Å²) < 4.78 is 5.26. The van der Waals surface area contributed by atoms with E-state index in [1.807, 2.05) is 13.8 Å². The Morgan fingerprint density at radius 3 is 2.67 bits per heavy atom. The van der Waals surface area contributed by atoms with E-state index in [0.29, 0.717) is 6.61 Å². The second-order valence-electron chi connectivity index (χ2n) is 6.82. The molecule has 0 radical (unpaired) electrons. The maximum atomic E-state index is 12.2. The molecule has 0 saturated carbocycles. The van der Waals surface area contributed by atoms with E-state index in [2.05, 4.69) is 31.0 Å². The molecule has 4 nitrogen and oxygen atoms in total. The fourth-order valence-corrected chi connectivity index (χ4v) is 2.95. The Morgan fingerprint density at radius 1 is 1.43 bits per heavy atom. The zero-order valence-electron chi connectivity index (χ0n) is 14.6. The Balaban J connectivity index is 2.51. The standard InChI is InChI=1S/C17H34N2O2/c1-6-10-18-17(5,16(20)21-7-2)9-12-19-11-8-15(13-19)14(3)4/h14-15,18H,6-13H2,1-5H3. The van der Waals surface area contributed by atoms with Crippen LogP contribution in [0.15, 0.2) is 0 Å². The average Bonchev–Trinajstić information content (AvgIpc) is 2.92. The molecule has 2 unspecified atom stereocenters. The zero-order valence-corrected chi connectivity index (χ0v) is 14.6. The third-order valence-electron chi connectivity index (χ3n) is 4.67. The van der Waals surface area contributed by atoms with Gasteiger partial charge in [-0.05, 0) is 58.0 Å². The number of carbonyl (C=O) groups is 1. The predicted molar refractivity (Wildman–Crippen MR) is 87.3 cm³/mol. The monoisotopic (exact) mass is 298 g/mol. The number of hydrogen-bond acceptors (Lipinski definition) is 4. The first-order valence-corrected chi connectivity index (χ1v) is 8.57. The molecule has 1 saturated heterocycles. The lowest BCUT2D eigenvalue weighted by Crippen LogP contribution is -2.52. The second-order valence-corrected chi connectivity index (χ2v) is 6.82. The quantitative estimate of drug-likeness (QED) is 0.665. The summed E-state index contributed by atoms with van der Waals surface area (Å²) in [5.41, 5.74) is -0.554. The third-order valence-corrected chi connectivity index (χ3v) is 4.67. The summed E-state index contributed by atoms with van der Waals surface area (Å²) in [6.45, 7) is 15.2. The summed E-state index contributed by atoms with van der Waals surface area (Å²) in [6, 6.07) is 0. The van der Waals surface area contributed by atoms with Crippen LogP contribution >= 0.6 is 0 Å². The van der Waals surface area contributed by atoms with Gasteiger partial charge in [0.25, 0.3) is 0 Å². The number of ether oxygens (including phenoxy) is 1. The van der Waals surface area contributed by atoms with Gasteiger partial charge in [-0.2, -0.15) is 0 Å². The van der Waals surface area contributed by atoms with Crippen molar-refractivity contribution in [2.75, 3.05) is 32.8 Å². The molecule has 2 atom stereocenters. The number of nitrogens with zero attached hydrogens (tertiary/aromatic N) is 1. The van der Waals surface area contributed by atoms with Crippen molar-refractivity contribution in [3.05, 3.63) is 0 Å². The minimum atomic E-state index is -0.554. The van der Waals surface area contributed by atoms with Crippen LogP contribution in [0.4, 0.5) is 0 Å². The molecule has 4 heteroatoms. The van der Waals surface area contributed by atoms with E-state index < -0.39 is 5.54 Å². The van der Waals surface area contributed by atoms with Crippen molar-refractivity contribution in [2.24, 2.45) is 11.8 Å². The van der Waals surface area contributed by atoms with Gasteiger partial charge in [0.1, 0.15) is 5.54 Å². The van der Waals surface area contributed by atoms with Crippen LogP contribution < -0.4 is 5.32 Å². The highest BCUT2D eigenvalue weighted by Gasteiger charge is 2.35. The minimum absolute atomic E-state index is 0.113. The number of likely N-dealkylation sites (tertiary alicyclic amines) is 1. The summed E-state index contributed by atoms with van der Waals surface area (Å²) in [6.07, 6.45) is 3.13. The third kappa shape index (κ3) is 5.59. The molecule has 0 amide bonds. The van der Waals surface area contributed by atoms with E-state index in [0.717, 1.165) is 44.3 Å². The molecule has 1 aliphatic heterocycles. The summed E-state index contributed by atoms with van der Waals surface area (Å²) in [5.74, 6) is 1.45. The maximum Gasteiger partial charge on any atom is 0.326 e. The Kier molecular flexibility index (Phi) is 7.67. The van der Waals surface area contributed by atoms with Gasteiger partial charge in [-0.15, -0.1) is 0 Å². The first-order valence-electron chi connectivity index (χ1n) is 8.57. The highest BCUT2D eigenvalue weighted by atomic mass is 16.5. The molecule has 0 aromatic rings. The van der Waals surface area contributed by atoms with Crippen molar-refractivity contribution in [2.45, 2.75) is 59.4 Å². The summed E-state index contributed by atoms with van der Waals surface area (Å²) in [7, 11) is 0. The van der Waals surface area contributed by atoms with Gasteiger partial charge in [0.15, 0.2) is 0 Å². The topological polar surface area (TPSA) is 41.6 Å². The fourth-order valence-electron chi connectivity index (χ4n) is 2.95. The Morgan fingerprint density at radius 2 is 2.14 bits per heavy atom. The van der Waals surface area contributed by atoms with Crippen LogP contribution in [0.1, 0.15) is 53.9 Å². The number of carbonyl (C=O) groups excluding carboxylic acids is 1. The van der Waals surface area contributed by atoms with Crippen molar-refractivity contribution in [1.82, 2.24) is 10.2 Å². The first-order chi connectivity index (χ1) is 9.92. The van der Waals surface area contributed by atoms with Crippen LogP contribution in [0.25, 0.3) is 0 Å². The molecule has 1 heterocycles. The Hall–Kier alpha value is -0.610. The Bertz CT molecular complexity index is 320. The molecule has 1 rings (SSSR count). The van der Waals surface area contributed by atoms with Crippen molar-refractivity contribution < 1.29 is 9.53 Å². The lowest BCUT2D eigenvalue weighted by molar-refractivity contribution is -0.151. The molecular weight excluding hydrogens is 264 g/mol. The van der Waals surface area contributed by atoms with Gasteiger partial charge in [0, 0.05) is 13.1 Å². The van der Waals surface area contributed by atoms with Crippen molar-refractivity contribution in [3.63, 3.8) is 0 Å². The molecule has 1 N–H and O–H groups in total. The van der Waals surface area contributed by atoms with E-state index in [1.165, 1.54) is 13.0 Å². The van der Waals surface area contributed by atoms with Crippen molar-refractivity contribution >= 4 is 5.97 Å². The summed E-state index contributed by atoms with van der Waals surface area (Å²) in [4.78, 5) is 14.7. The fraction of sp³-hybridized carbons (Fsp3) is 0.941. The second kappa shape index (κ2) is 8.74. The number of esters is 1. The van der Waals surface area contributed by atoms with Crippen LogP contribution in [-0.4, -0.2) is 49.2 Å². The largest absolute Gasteiger partial charge is 0.465 e. The average molecular weight is 298 g/mol. The Labute approximate surface area is 130 Å². The normalized spacial score (nSPS) is 22.5. The SMILES string of the molecule is CCCNC(C)(CCN1CCC(C(C)C)C1)C(=O)OCC. The molecule has 0 aliphatic carbocycles. The van der Waals surface area contributed by atoms with Crippen LogP contribution in [0.3, 0.4) is 0 Å². The number of rotatable bonds is 9. The van der Waals surface area contributed by atoms with E-state index in [4.69, 9.17) is 4.74 Å². The molecule has 21 heavy (non-hydrogen) atoms. The van der Waals surface area contributed by atoms with Crippen LogP contribution in [0.2, 0.25) is 0 Å². The van der Waals surface area contributed by atoms with E-state index in [-0.39, 0.29) is 5.97 Å². The number of hydrogen-bond donors (Lipinski definition) is 1. The molecular formula is C17H34N2O2. The molecule has 0 aromatic heterocycles. The highest BCUT2D eigenvalue weighted by Crippen LogP contribution is 2.24. The molecule has 0 aromatic carbocycles. The van der Waals surface area contributed by atoms with Gasteiger partial charge in [0.2, 0.25) is 0 Å². The minimum Gasteiger partial charge on any atom is -0.465 e. The van der Waals surface area contributed by atoms with E-state index >= 15 is 0 Å². The van der Waals surface area contributed by atoms with Gasteiger partial charge in [0.05, 0.1) is 6.61 Å². The lowest BCUT2D eigenvalue weighted by atomic mass is 9.95. The maximum absolute atomic E-state index is 12.2. The molecule has 1 fully saturated rings. The summed E-state index contributed by atoms with van der Waals surface area (Å²) in [5, 5.41) is 3.39. The smallest absolute Gasteiger partial charge is 0.326 e. The molecule has 0 spiro atoms. The molecule has 1 aliphatic rings. The predicted octanol–water partition coefficient (Wildman–Crippen LogP) is 2.68. The van der Waals surface area contributed by atoms with Gasteiger partial charge >= 0.3 is 5.97 Å². The lowest BCUT2D eigenvalue weighted by Gasteiger charge is -2.30. The van der Waals surface area contributed by atoms with Gasteiger partial charge in [-0.1, -0.05) is 20.8 Å². The van der Waals surface area contributed by atoms with Gasteiger partial charge in [-0.25, -0.2) is 0 Å². The van der Waals surface area contributed by atoms with E-state index in [9.17, 15) is 4.79 Å². The highest BCUT2D eigenvalue weighted by molar-refractivity contribution is 5.80. The van der Waals surface area contributed by atoms with Crippen LogP contribution in [0.5, 0.6) is 0 Å². The molecule has 0 bridgehead atoms. The van der Waals surface area contributed by atoms with Crippen molar-refractivity contribution in [1.29, 1.82) is 0 Å². The molecule has 124 valence electrons. The van der Waals surface area contributed by atoms with Gasteiger partial charge in [-0.3, -0.25) is 4.79 Å². The number of nitrogens with one attached hydrogen (secondary N) is 1. The zero-order chi connectivity index (χ0) is 15.9. The van der Waals surface area contributed by atoms with E-state index in [1.54, 1.807) is 0 Å². The first kappa shape index (κ1) is 18.4. The van der Waals surface area contributed by atoms with Crippen LogP contribution in [-0.2, 0) is 9.53 Å². The van der Waals surface area contributed by atoms with Crippen molar-refractivity contribution in [3.8, 4) is 0 Å².